The van der Waals surface area contributed by atoms with Gasteiger partial charge in [0, 0.05) is 0 Å². The highest BCUT2D eigenvalue weighted by atomic mass is 14.2. The van der Waals surface area contributed by atoms with Gasteiger partial charge in [0.15, 0.2) is 0 Å². The van der Waals surface area contributed by atoms with Gasteiger partial charge in [0.2, 0.25) is 0 Å². The van der Waals surface area contributed by atoms with Crippen LogP contribution in [0.3, 0.4) is 0 Å². The van der Waals surface area contributed by atoms with E-state index < -0.39 is 0 Å². The standard InChI is InChI=1S/C24H23N/c1-2-3-4-5-19-6-10-21(11-7-19)23-14-16-24(17-15-23)22-12-8-20(18-25)9-13-22/h6-17H,2-5H2,1H3. The fourth-order valence-electron chi connectivity index (χ4n) is 3.04. The first-order chi connectivity index (χ1) is 12.3. The summed E-state index contributed by atoms with van der Waals surface area (Å²) < 4.78 is 0. The van der Waals surface area contributed by atoms with Crippen LogP contribution >= 0.6 is 0 Å². The van der Waals surface area contributed by atoms with Crippen molar-refractivity contribution in [1.29, 1.82) is 5.26 Å². The maximum atomic E-state index is 8.89. The van der Waals surface area contributed by atoms with Gasteiger partial charge in [-0.15, -0.1) is 0 Å². The Morgan fingerprint density at radius 3 is 1.52 bits per heavy atom. The van der Waals surface area contributed by atoms with Crippen LogP contribution in [0.15, 0.2) is 72.8 Å². The molecular formula is C24H23N. The number of aryl methyl sites for hydroxylation is 1. The minimum absolute atomic E-state index is 0.694. The van der Waals surface area contributed by atoms with Crippen molar-refractivity contribution in [2.24, 2.45) is 0 Å². The molecule has 0 heterocycles. The van der Waals surface area contributed by atoms with Crippen LogP contribution in [0.2, 0.25) is 0 Å². The second kappa shape index (κ2) is 8.31. The zero-order valence-electron chi connectivity index (χ0n) is 14.7. The first kappa shape index (κ1) is 17.0. The lowest BCUT2D eigenvalue weighted by molar-refractivity contribution is 0.717. The second-order valence-electron chi connectivity index (χ2n) is 6.42. The Morgan fingerprint density at radius 1 is 0.640 bits per heavy atom. The van der Waals surface area contributed by atoms with Crippen molar-refractivity contribution in [1.82, 2.24) is 0 Å². The Morgan fingerprint density at radius 2 is 1.08 bits per heavy atom. The van der Waals surface area contributed by atoms with E-state index in [0.29, 0.717) is 5.56 Å². The fraction of sp³-hybridized carbons (Fsp3) is 0.208. The average Bonchev–Trinajstić information content (AvgIpc) is 2.69. The van der Waals surface area contributed by atoms with Crippen molar-refractivity contribution in [3.8, 4) is 28.3 Å². The Balaban J connectivity index is 1.72. The summed E-state index contributed by atoms with van der Waals surface area (Å²) in [6.45, 7) is 2.24. The molecule has 0 saturated heterocycles. The summed E-state index contributed by atoms with van der Waals surface area (Å²) in [5, 5.41) is 8.89. The van der Waals surface area contributed by atoms with Gasteiger partial charge in [-0.3, -0.25) is 0 Å². The summed E-state index contributed by atoms with van der Waals surface area (Å²) in [4.78, 5) is 0. The summed E-state index contributed by atoms with van der Waals surface area (Å²) in [5.74, 6) is 0. The van der Waals surface area contributed by atoms with E-state index in [1.165, 1.54) is 47.9 Å². The van der Waals surface area contributed by atoms with E-state index >= 15 is 0 Å². The van der Waals surface area contributed by atoms with Gasteiger partial charge in [0.05, 0.1) is 11.6 Å². The van der Waals surface area contributed by atoms with Crippen LogP contribution in [-0.4, -0.2) is 0 Å². The van der Waals surface area contributed by atoms with E-state index in [4.69, 9.17) is 5.26 Å². The highest BCUT2D eigenvalue weighted by molar-refractivity contribution is 5.70. The van der Waals surface area contributed by atoms with Gasteiger partial charge in [0.1, 0.15) is 0 Å². The van der Waals surface area contributed by atoms with E-state index in [1.807, 2.05) is 24.3 Å². The number of hydrogen-bond acceptors (Lipinski definition) is 1. The van der Waals surface area contributed by atoms with E-state index in [-0.39, 0.29) is 0 Å². The number of nitrogens with zero attached hydrogens (tertiary/aromatic N) is 1. The van der Waals surface area contributed by atoms with Crippen molar-refractivity contribution in [3.05, 3.63) is 83.9 Å². The molecule has 0 saturated carbocycles. The lowest BCUT2D eigenvalue weighted by Crippen LogP contribution is -1.86. The van der Waals surface area contributed by atoms with Gasteiger partial charge >= 0.3 is 0 Å². The van der Waals surface area contributed by atoms with Crippen molar-refractivity contribution in [2.45, 2.75) is 32.6 Å². The third-order valence-corrected chi connectivity index (χ3v) is 4.59. The Labute approximate surface area is 150 Å². The lowest BCUT2D eigenvalue weighted by Gasteiger charge is -2.07. The topological polar surface area (TPSA) is 23.8 Å². The molecule has 1 nitrogen and oxygen atoms in total. The minimum Gasteiger partial charge on any atom is -0.192 e. The predicted octanol–water partition coefficient (Wildman–Crippen LogP) is 6.62. The molecule has 124 valence electrons. The fourth-order valence-corrected chi connectivity index (χ4v) is 3.04. The predicted molar refractivity (Wildman–Crippen MR) is 105 cm³/mol. The number of unbranched alkanes of at least 4 members (excludes halogenated alkanes) is 2. The molecular weight excluding hydrogens is 302 g/mol. The SMILES string of the molecule is CCCCCc1ccc(-c2ccc(-c3ccc(C#N)cc3)cc2)cc1. The normalized spacial score (nSPS) is 10.4. The van der Waals surface area contributed by atoms with Crippen LogP contribution in [0.1, 0.15) is 37.3 Å². The highest BCUT2D eigenvalue weighted by Gasteiger charge is 2.01. The molecule has 0 aliphatic carbocycles. The zero-order chi connectivity index (χ0) is 17.5. The first-order valence-electron chi connectivity index (χ1n) is 9.00. The molecule has 0 aromatic heterocycles. The number of benzene rings is 3. The van der Waals surface area contributed by atoms with Gasteiger partial charge in [-0.2, -0.15) is 5.26 Å². The molecule has 0 atom stereocenters. The molecule has 0 bridgehead atoms. The number of rotatable bonds is 6. The van der Waals surface area contributed by atoms with E-state index in [1.54, 1.807) is 0 Å². The lowest BCUT2D eigenvalue weighted by atomic mass is 9.98. The van der Waals surface area contributed by atoms with Gasteiger partial charge in [-0.1, -0.05) is 80.4 Å². The van der Waals surface area contributed by atoms with Crippen molar-refractivity contribution in [3.63, 3.8) is 0 Å². The third kappa shape index (κ3) is 4.37. The molecule has 0 aliphatic heterocycles. The second-order valence-corrected chi connectivity index (χ2v) is 6.42. The maximum Gasteiger partial charge on any atom is 0.0991 e. The van der Waals surface area contributed by atoms with Crippen molar-refractivity contribution >= 4 is 0 Å². The molecule has 1 heteroatoms. The maximum absolute atomic E-state index is 8.89. The third-order valence-electron chi connectivity index (χ3n) is 4.59. The van der Waals surface area contributed by atoms with Crippen molar-refractivity contribution in [2.75, 3.05) is 0 Å². The molecule has 3 aromatic carbocycles. The van der Waals surface area contributed by atoms with Gasteiger partial charge < -0.3 is 0 Å². The van der Waals surface area contributed by atoms with Crippen LogP contribution in [0, 0.1) is 11.3 Å². The average molecular weight is 325 g/mol. The van der Waals surface area contributed by atoms with Crippen LogP contribution in [0.5, 0.6) is 0 Å². The molecule has 0 unspecified atom stereocenters. The quantitative estimate of drug-likeness (QED) is 0.467. The summed E-state index contributed by atoms with van der Waals surface area (Å²) in [5.41, 5.74) is 6.91. The first-order valence-corrected chi connectivity index (χ1v) is 9.00. The van der Waals surface area contributed by atoms with E-state index in [0.717, 1.165) is 5.56 Å². The van der Waals surface area contributed by atoms with Crippen LogP contribution in [0.4, 0.5) is 0 Å². The zero-order valence-corrected chi connectivity index (χ0v) is 14.7. The molecule has 0 radical (unpaired) electrons. The molecule has 3 aromatic rings. The molecule has 25 heavy (non-hydrogen) atoms. The summed E-state index contributed by atoms with van der Waals surface area (Å²) in [7, 11) is 0. The Hall–Kier alpha value is -2.85. The molecule has 0 amide bonds. The summed E-state index contributed by atoms with van der Waals surface area (Å²) >= 11 is 0. The largest absolute Gasteiger partial charge is 0.192 e. The monoisotopic (exact) mass is 325 g/mol. The molecule has 3 rings (SSSR count). The van der Waals surface area contributed by atoms with Crippen LogP contribution in [0.25, 0.3) is 22.3 Å². The van der Waals surface area contributed by atoms with Gasteiger partial charge in [-0.05, 0) is 52.8 Å². The van der Waals surface area contributed by atoms with E-state index in [9.17, 15) is 0 Å². The number of hydrogen-bond donors (Lipinski definition) is 0. The van der Waals surface area contributed by atoms with Crippen molar-refractivity contribution < 1.29 is 0 Å². The molecule has 0 fully saturated rings. The Bertz CT molecular complexity index is 835. The summed E-state index contributed by atoms with van der Waals surface area (Å²) in [6.07, 6.45) is 5.02. The van der Waals surface area contributed by atoms with Crippen LogP contribution in [-0.2, 0) is 6.42 Å². The minimum atomic E-state index is 0.694. The highest BCUT2D eigenvalue weighted by Crippen LogP contribution is 2.25. The Kier molecular flexibility index (Phi) is 5.65. The van der Waals surface area contributed by atoms with E-state index in [2.05, 4.69) is 61.5 Å². The number of nitriles is 1. The molecule has 0 spiro atoms. The molecule has 0 N–H and O–H groups in total. The summed E-state index contributed by atoms with van der Waals surface area (Å²) in [6, 6.07) is 27.4. The van der Waals surface area contributed by atoms with Gasteiger partial charge in [0.25, 0.3) is 0 Å². The van der Waals surface area contributed by atoms with Gasteiger partial charge in [-0.25, -0.2) is 0 Å². The smallest absolute Gasteiger partial charge is 0.0991 e. The van der Waals surface area contributed by atoms with Crippen LogP contribution < -0.4 is 0 Å². The molecule has 0 aliphatic rings.